The summed E-state index contributed by atoms with van der Waals surface area (Å²) in [6.45, 7) is 0. The van der Waals surface area contributed by atoms with Gasteiger partial charge in [0.1, 0.15) is 11.4 Å². The van der Waals surface area contributed by atoms with E-state index in [-0.39, 0.29) is 0 Å². The van der Waals surface area contributed by atoms with Crippen molar-refractivity contribution in [1.29, 1.82) is 0 Å². The maximum atomic E-state index is 4.84. The van der Waals surface area contributed by atoms with Gasteiger partial charge in [-0.1, -0.05) is 133 Å². The maximum absolute atomic E-state index is 4.84. The van der Waals surface area contributed by atoms with E-state index in [2.05, 4.69) is 161 Å². The van der Waals surface area contributed by atoms with E-state index in [9.17, 15) is 0 Å². The minimum absolute atomic E-state index is 0.853. The van der Waals surface area contributed by atoms with Gasteiger partial charge in [0.15, 0.2) is 0 Å². The van der Waals surface area contributed by atoms with E-state index < -0.39 is 0 Å². The number of aromatic nitrogens is 5. The Balaban J connectivity index is 1.23. The van der Waals surface area contributed by atoms with Gasteiger partial charge >= 0.3 is 0 Å². The first-order chi connectivity index (χ1) is 24.3. The van der Waals surface area contributed by atoms with Gasteiger partial charge in [-0.15, -0.1) is 5.10 Å². The van der Waals surface area contributed by atoms with Crippen molar-refractivity contribution in [3.63, 3.8) is 0 Å². The first kappa shape index (κ1) is 27.4. The molecule has 3 heterocycles. The molecule has 0 spiro atoms. The van der Waals surface area contributed by atoms with Gasteiger partial charge in [-0.25, -0.2) is 4.68 Å². The van der Waals surface area contributed by atoms with Crippen molar-refractivity contribution in [3.8, 4) is 39.6 Å². The normalized spacial score (nSPS) is 11.7. The molecule has 0 amide bonds. The van der Waals surface area contributed by atoms with E-state index in [1.165, 1.54) is 21.8 Å². The van der Waals surface area contributed by atoms with Crippen molar-refractivity contribution in [1.82, 2.24) is 24.1 Å². The van der Waals surface area contributed by atoms with Gasteiger partial charge < -0.3 is 9.13 Å². The Morgan fingerprint density at radius 3 is 1.53 bits per heavy atom. The zero-order chi connectivity index (χ0) is 32.3. The van der Waals surface area contributed by atoms with Crippen LogP contribution in [-0.4, -0.2) is 24.1 Å². The molecule has 0 saturated carbocycles. The summed E-state index contributed by atoms with van der Waals surface area (Å²) in [7, 11) is 0. The van der Waals surface area contributed by atoms with Crippen LogP contribution in [0, 0.1) is 0 Å². The van der Waals surface area contributed by atoms with E-state index in [0.29, 0.717) is 0 Å². The average Bonchev–Trinajstić information content (AvgIpc) is 3.86. The largest absolute Gasteiger partial charge is 0.309 e. The second kappa shape index (κ2) is 10.9. The number of rotatable bonds is 5. The predicted molar refractivity (Wildman–Crippen MR) is 201 cm³/mol. The van der Waals surface area contributed by atoms with Crippen LogP contribution in [0.4, 0.5) is 0 Å². The van der Waals surface area contributed by atoms with Gasteiger partial charge in [-0.05, 0) is 48.5 Å². The summed E-state index contributed by atoms with van der Waals surface area (Å²) in [6, 6.07) is 62.1. The van der Waals surface area contributed by atoms with Crippen molar-refractivity contribution < 1.29 is 0 Å². The van der Waals surface area contributed by atoms with E-state index >= 15 is 0 Å². The smallest absolute Gasteiger partial charge is 0.121 e. The highest BCUT2D eigenvalue weighted by molar-refractivity contribution is 6.13. The number of hydrogen-bond acceptors (Lipinski definition) is 2. The van der Waals surface area contributed by atoms with E-state index in [1.807, 2.05) is 28.9 Å². The van der Waals surface area contributed by atoms with Crippen molar-refractivity contribution in [3.05, 3.63) is 176 Å². The minimum atomic E-state index is 0.853. The number of hydrogen-bond donors (Lipinski definition) is 0. The molecule has 3 aromatic heterocycles. The lowest BCUT2D eigenvalue weighted by Crippen LogP contribution is -2.01. The van der Waals surface area contributed by atoms with Crippen LogP contribution in [-0.2, 0) is 0 Å². The van der Waals surface area contributed by atoms with E-state index in [4.69, 9.17) is 10.3 Å². The lowest BCUT2D eigenvalue weighted by molar-refractivity contribution is 0.813. The Bertz CT molecular complexity index is 2770. The standard InChI is InChI=1S/C44H29N5/c1-3-15-30(16-4-1)43-44(31-17-5-2-6-18-31)49(46-45-43)41-28-14-27-40-42(41)36-23-9-12-26-39(36)48(40)33-20-13-19-32(29-33)47-37-24-10-7-21-34(37)35-22-8-11-25-38(35)47/h1-29H. The van der Waals surface area contributed by atoms with Gasteiger partial charge in [0, 0.05) is 44.0 Å². The van der Waals surface area contributed by atoms with Crippen LogP contribution in [0.2, 0.25) is 0 Å². The summed E-state index contributed by atoms with van der Waals surface area (Å²) in [5.74, 6) is 0. The third-order valence-corrected chi connectivity index (χ3v) is 9.59. The topological polar surface area (TPSA) is 40.6 Å². The molecule has 7 aromatic carbocycles. The van der Waals surface area contributed by atoms with Crippen LogP contribution < -0.4 is 0 Å². The summed E-state index contributed by atoms with van der Waals surface area (Å²) < 4.78 is 6.77. The van der Waals surface area contributed by atoms with E-state index in [1.54, 1.807) is 0 Å². The van der Waals surface area contributed by atoms with Gasteiger partial charge in [0.05, 0.1) is 27.8 Å². The summed E-state index contributed by atoms with van der Waals surface area (Å²) in [5, 5.41) is 14.4. The fourth-order valence-corrected chi connectivity index (χ4v) is 7.52. The molecule has 49 heavy (non-hydrogen) atoms. The molecular weight excluding hydrogens is 599 g/mol. The monoisotopic (exact) mass is 627 g/mol. The molecule has 10 aromatic rings. The van der Waals surface area contributed by atoms with E-state index in [0.717, 1.165) is 61.4 Å². The Hall–Kier alpha value is -6.72. The van der Waals surface area contributed by atoms with Crippen LogP contribution in [0.3, 0.4) is 0 Å². The molecule has 0 atom stereocenters. The van der Waals surface area contributed by atoms with Gasteiger partial charge in [0.2, 0.25) is 0 Å². The Morgan fingerprint density at radius 2 is 0.878 bits per heavy atom. The molecule has 10 rings (SSSR count). The highest BCUT2D eigenvalue weighted by Gasteiger charge is 2.22. The molecule has 0 radical (unpaired) electrons. The zero-order valence-electron chi connectivity index (χ0n) is 26.5. The fourth-order valence-electron chi connectivity index (χ4n) is 7.52. The van der Waals surface area contributed by atoms with Crippen LogP contribution in [0.15, 0.2) is 176 Å². The van der Waals surface area contributed by atoms with Crippen molar-refractivity contribution in [2.75, 3.05) is 0 Å². The van der Waals surface area contributed by atoms with Gasteiger partial charge in [0.25, 0.3) is 0 Å². The van der Waals surface area contributed by atoms with Gasteiger partial charge in [-0.3, -0.25) is 0 Å². The van der Waals surface area contributed by atoms with Gasteiger partial charge in [-0.2, -0.15) is 0 Å². The first-order valence-corrected chi connectivity index (χ1v) is 16.5. The Morgan fingerprint density at radius 1 is 0.388 bits per heavy atom. The molecule has 0 aliphatic rings. The lowest BCUT2D eigenvalue weighted by Gasteiger charge is -2.13. The molecule has 5 nitrogen and oxygen atoms in total. The third kappa shape index (κ3) is 4.19. The molecule has 5 heteroatoms. The average molecular weight is 628 g/mol. The number of nitrogens with zero attached hydrogens (tertiary/aromatic N) is 5. The molecule has 0 saturated heterocycles. The van der Waals surface area contributed by atoms with Crippen molar-refractivity contribution in [2.45, 2.75) is 0 Å². The maximum Gasteiger partial charge on any atom is 0.121 e. The predicted octanol–water partition coefficient (Wildman–Crippen LogP) is 10.8. The quantitative estimate of drug-likeness (QED) is 0.190. The molecule has 0 aliphatic heterocycles. The molecule has 0 N–H and O–H groups in total. The van der Waals surface area contributed by atoms with Crippen LogP contribution in [0.5, 0.6) is 0 Å². The molecule has 0 fully saturated rings. The molecule has 0 aliphatic carbocycles. The highest BCUT2D eigenvalue weighted by atomic mass is 15.4. The second-order valence-corrected chi connectivity index (χ2v) is 12.3. The Labute approximate surface area is 282 Å². The molecule has 0 bridgehead atoms. The molecule has 230 valence electrons. The minimum Gasteiger partial charge on any atom is -0.309 e. The highest BCUT2D eigenvalue weighted by Crippen LogP contribution is 2.40. The second-order valence-electron chi connectivity index (χ2n) is 12.3. The SMILES string of the molecule is c1ccc(-c2nnn(-c3cccc4c3c3ccccc3n4-c3cccc(-n4c5ccccc5c5ccccc54)c3)c2-c2ccccc2)cc1. The lowest BCUT2D eigenvalue weighted by atomic mass is 10.0. The number of para-hydroxylation sites is 3. The van der Waals surface area contributed by atoms with Crippen LogP contribution in [0.25, 0.3) is 83.2 Å². The summed E-state index contributed by atoms with van der Waals surface area (Å²) >= 11 is 0. The zero-order valence-corrected chi connectivity index (χ0v) is 26.5. The number of fused-ring (bicyclic) bond motifs is 6. The summed E-state index contributed by atoms with van der Waals surface area (Å²) in [4.78, 5) is 0. The molecular formula is C44H29N5. The van der Waals surface area contributed by atoms with Crippen molar-refractivity contribution in [2.24, 2.45) is 0 Å². The fraction of sp³-hybridized carbons (Fsp3) is 0. The first-order valence-electron chi connectivity index (χ1n) is 16.5. The summed E-state index contributed by atoms with van der Waals surface area (Å²) in [5.41, 5.74) is 11.7. The summed E-state index contributed by atoms with van der Waals surface area (Å²) in [6.07, 6.45) is 0. The van der Waals surface area contributed by atoms with Crippen molar-refractivity contribution >= 4 is 43.6 Å². The number of benzene rings is 7. The van der Waals surface area contributed by atoms with Crippen LogP contribution in [0.1, 0.15) is 0 Å². The van der Waals surface area contributed by atoms with Crippen LogP contribution >= 0.6 is 0 Å². The Kier molecular flexibility index (Phi) is 6.11. The molecule has 0 unspecified atom stereocenters. The third-order valence-electron chi connectivity index (χ3n) is 9.59.